The summed E-state index contributed by atoms with van der Waals surface area (Å²) in [6, 6.07) is 7.19. The molecule has 0 heterocycles. The highest BCUT2D eigenvalue weighted by Gasteiger charge is 2.29. The first-order chi connectivity index (χ1) is 9.92. The van der Waals surface area contributed by atoms with E-state index in [2.05, 4.69) is 4.72 Å². The standard InChI is InChI=1S/C14H16N2O4S/c15-9-10-4-6-13(7-5-10)21(19,20)16-12-3-1-2-11(8-12)14(17)18/h4-7,11-12,16H,1-3,8H2,(H,17,18). The molecule has 2 N–H and O–H groups in total. The van der Waals surface area contributed by atoms with Crippen molar-refractivity contribution in [1.82, 2.24) is 4.72 Å². The number of aliphatic carboxylic acids is 1. The van der Waals surface area contributed by atoms with Crippen molar-refractivity contribution in [3.63, 3.8) is 0 Å². The summed E-state index contributed by atoms with van der Waals surface area (Å²) in [5.41, 5.74) is 0.387. The molecule has 21 heavy (non-hydrogen) atoms. The van der Waals surface area contributed by atoms with E-state index in [9.17, 15) is 13.2 Å². The summed E-state index contributed by atoms with van der Waals surface area (Å²) < 4.78 is 27.0. The van der Waals surface area contributed by atoms with Gasteiger partial charge in [0.15, 0.2) is 0 Å². The fourth-order valence-electron chi connectivity index (χ4n) is 2.52. The first-order valence-corrected chi connectivity index (χ1v) is 8.16. The SMILES string of the molecule is N#Cc1ccc(S(=O)(=O)NC2CCCC(C(=O)O)C2)cc1. The van der Waals surface area contributed by atoms with Crippen LogP contribution in [0.2, 0.25) is 0 Å². The molecule has 1 saturated carbocycles. The number of nitrogens with zero attached hydrogens (tertiary/aromatic N) is 1. The predicted octanol–water partition coefficient (Wildman–Crippen LogP) is 1.48. The normalized spacial score (nSPS) is 22.4. The van der Waals surface area contributed by atoms with Crippen molar-refractivity contribution in [1.29, 1.82) is 5.26 Å². The molecule has 1 aliphatic rings. The quantitative estimate of drug-likeness (QED) is 0.876. The molecule has 1 fully saturated rings. The molecule has 7 heteroatoms. The van der Waals surface area contributed by atoms with E-state index in [0.29, 0.717) is 31.2 Å². The number of carboxylic acid groups (broad SMARTS) is 1. The first-order valence-electron chi connectivity index (χ1n) is 6.67. The molecule has 0 amide bonds. The highest BCUT2D eigenvalue weighted by atomic mass is 32.2. The smallest absolute Gasteiger partial charge is 0.306 e. The number of benzene rings is 1. The zero-order chi connectivity index (χ0) is 15.5. The van der Waals surface area contributed by atoms with Gasteiger partial charge in [-0.05, 0) is 43.5 Å². The molecule has 1 aromatic rings. The number of hydrogen-bond donors (Lipinski definition) is 2. The van der Waals surface area contributed by atoms with E-state index in [0.717, 1.165) is 0 Å². The molecule has 0 aromatic heterocycles. The maximum Gasteiger partial charge on any atom is 0.306 e. The van der Waals surface area contributed by atoms with Crippen LogP contribution < -0.4 is 4.72 Å². The van der Waals surface area contributed by atoms with Gasteiger partial charge < -0.3 is 5.11 Å². The van der Waals surface area contributed by atoms with E-state index < -0.39 is 21.9 Å². The lowest BCUT2D eigenvalue weighted by Gasteiger charge is -2.27. The van der Waals surface area contributed by atoms with Crippen LogP contribution in [0.5, 0.6) is 0 Å². The third kappa shape index (κ3) is 3.80. The summed E-state index contributed by atoms with van der Waals surface area (Å²) in [6.45, 7) is 0. The Balaban J connectivity index is 2.09. The van der Waals surface area contributed by atoms with E-state index >= 15 is 0 Å². The number of carbonyl (C=O) groups is 1. The van der Waals surface area contributed by atoms with Gasteiger partial charge in [0.05, 0.1) is 22.4 Å². The second-order valence-corrected chi connectivity index (χ2v) is 6.87. The summed E-state index contributed by atoms with van der Waals surface area (Å²) >= 11 is 0. The van der Waals surface area contributed by atoms with Crippen LogP contribution >= 0.6 is 0 Å². The van der Waals surface area contributed by atoms with Crippen LogP contribution in [0.4, 0.5) is 0 Å². The third-order valence-corrected chi connectivity index (χ3v) is 5.18. The lowest BCUT2D eigenvalue weighted by Crippen LogP contribution is -2.39. The van der Waals surface area contributed by atoms with Crippen molar-refractivity contribution in [2.24, 2.45) is 5.92 Å². The van der Waals surface area contributed by atoms with Gasteiger partial charge in [0.25, 0.3) is 0 Å². The zero-order valence-corrected chi connectivity index (χ0v) is 12.1. The van der Waals surface area contributed by atoms with Crippen molar-refractivity contribution < 1.29 is 18.3 Å². The molecule has 0 bridgehead atoms. The molecule has 1 aromatic carbocycles. The Morgan fingerprint density at radius 2 is 1.95 bits per heavy atom. The average molecular weight is 308 g/mol. The molecule has 0 radical (unpaired) electrons. The van der Waals surface area contributed by atoms with Gasteiger partial charge in [0, 0.05) is 6.04 Å². The van der Waals surface area contributed by atoms with Crippen LogP contribution in [-0.4, -0.2) is 25.5 Å². The van der Waals surface area contributed by atoms with Crippen LogP contribution in [0.1, 0.15) is 31.2 Å². The van der Waals surface area contributed by atoms with Crippen molar-refractivity contribution in [3.8, 4) is 6.07 Å². The monoisotopic (exact) mass is 308 g/mol. The lowest BCUT2D eigenvalue weighted by atomic mass is 9.86. The molecule has 2 rings (SSSR count). The van der Waals surface area contributed by atoms with Gasteiger partial charge in [-0.1, -0.05) is 6.42 Å². The van der Waals surface area contributed by atoms with Crippen LogP contribution in [0, 0.1) is 17.2 Å². The predicted molar refractivity (Wildman–Crippen MR) is 74.9 cm³/mol. The maximum atomic E-state index is 12.2. The topological polar surface area (TPSA) is 107 Å². The zero-order valence-electron chi connectivity index (χ0n) is 11.3. The largest absolute Gasteiger partial charge is 0.481 e. The Labute approximate surface area is 123 Å². The van der Waals surface area contributed by atoms with Gasteiger partial charge in [-0.3, -0.25) is 4.79 Å². The second kappa shape index (κ2) is 6.24. The fraction of sp³-hybridized carbons (Fsp3) is 0.429. The van der Waals surface area contributed by atoms with E-state index in [1.807, 2.05) is 6.07 Å². The molecule has 0 spiro atoms. The number of hydrogen-bond acceptors (Lipinski definition) is 4. The van der Waals surface area contributed by atoms with Gasteiger partial charge in [0.1, 0.15) is 0 Å². The minimum absolute atomic E-state index is 0.0824. The van der Waals surface area contributed by atoms with E-state index in [1.165, 1.54) is 24.3 Å². The Morgan fingerprint density at radius 3 is 2.52 bits per heavy atom. The molecule has 2 atom stereocenters. The van der Waals surface area contributed by atoms with Gasteiger partial charge in [-0.15, -0.1) is 0 Å². The van der Waals surface area contributed by atoms with Crippen molar-refractivity contribution in [2.45, 2.75) is 36.6 Å². The minimum Gasteiger partial charge on any atom is -0.481 e. The molecule has 2 unspecified atom stereocenters. The van der Waals surface area contributed by atoms with E-state index in [4.69, 9.17) is 10.4 Å². The number of rotatable bonds is 4. The van der Waals surface area contributed by atoms with Gasteiger partial charge in [-0.2, -0.15) is 5.26 Å². The molecule has 112 valence electrons. The van der Waals surface area contributed by atoms with Gasteiger partial charge in [0.2, 0.25) is 10.0 Å². The summed E-state index contributed by atoms with van der Waals surface area (Å²) in [6.07, 6.45) is 2.23. The Bertz CT molecular complexity index is 661. The Hall–Kier alpha value is -1.91. The van der Waals surface area contributed by atoms with E-state index in [1.54, 1.807) is 0 Å². The van der Waals surface area contributed by atoms with Crippen LogP contribution in [0.25, 0.3) is 0 Å². The number of carboxylic acids is 1. The summed E-state index contributed by atoms with van der Waals surface area (Å²) in [5.74, 6) is -1.37. The van der Waals surface area contributed by atoms with Crippen LogP contribution in [-0.2, 0) is 14.8 Å². The highest BCUT2D eigenvalue weighted by Crippen LogP contribution is 2.25. The summed E-state index contributed by atoms with van der Waals surface area (Å²) in [7, 11) is -3.69. The van der Waals surface area contributed by atoms with Gasteiger partial charge >= 0.3 is 5.97 Å². The number of nitrogens with one attached hydrogen (secondary N) is 1. The van der Waals surface area contributed by atoms with Gasteiger partial charge in [-0.25, -0.2) is 13.1 Å². The minimum atomic E-state index is -3.69. The number of nitriles is 1. The van der Waals surface area contributed by atoms with Crippen LogP contribution in [0.3, 0.4) is 0 Å². The summed E-state index contributed by atoms with van der Waals surface area (Å²) in [4.78, 5) is 11.1. The Kier molecular flexibility index (Phi) is 4.60. The van der Waals surface area contributed by atoms with Crippen molar-refractivity contribution in [3.05, 3.63) is 29.8 Å². The summed E-state index contributed by atoms with van der Waals surface area (Å²) in [5, 5.41) is 17.7. The fourth-order valence-corrected chi connectivity index (χ4v) is 3.80. The molecular formula is C14H16N2O4S. The van der Waals surface area contributed by atoms with Crippen LogP contribution in [0.15, 0.2) is 29.2 Å². The molecule has 1 aliphatic carbocycles. The second-order valence-electron chi connectivity index (χ2n) is 5.16. The molecule has 6 nitrogen and oxygen atoms in total. The first kappa shape index (κ1) is 15.5. The molecule has 0 aliphatic heterocycles. The third-order valence-electron chi connectivity index (χ3n) is 3.64. The highest BCUT2D eigenvalue weighted by molar-refractivity contribution is 7.89. The van der Waals surface area contributed by atoms with E-state index in [-0.39, 0.29) is 10.9 Å². The molecule has 0 saturated heterocycles. The lowest BCUT2D eigenvalue weighted by molar-refractivity contribution is -0.143. The van der Waals surface area contributed by atoms with Crippen molar-refractivity contribution in [2.75, 3.05) is 0 Å². The number of sulfonamides is 1. The maximum absolute atomic E-state index is 12.2. The Morgan fingerprint density at radius 1 is 1.29 bits per heavy atom. The van der Waals surface area contributed by atoms with Crippen molar-refractivity contribution >= 4 is 16.0 Å². The average Bonchev–Trinajstić information content (AvgIpc) is 2.47. The molecular weight excluding hydrogens is 292 g/mol.